The van der Waals surface area contributed by atoms with E-state index >= 15 is 0 Å². The van der Waals surface area contributed by atoms with Crippen LogP contribution in [-0.2, 0) is 23.9 Å². The van der Waals surface area contributed by atoms with Crippen LogP contribution in [0.5, 0.6) is 0 Å². The minimum Gasteiger partial charge on any atom is -0.480 e. The molecular weight excluding hydrogens is 430 g/mol. The lowest BCUT2D eigenvalue weighted by atomic mass is 10.0. The molecule has 2 amide bonds. The molecule has 2 N–H and O–H groups in total. The summed E-state index contributed by atoms with van der Waals surface area (Å²) in [6.45, 7) is 2.81. The van der Waals surface area contributed by atoms with Gasteiger partial charge in [0.2, 0.25) is 5.91 Å². The van der Waals surface area contributed by atoms with Gasteiger partial charge in [0, 0.05) is 39.5 Å². The Bertz CT molecular complexity index is 702. The van der Waals surface area contributed by atoms with Gasteiger partial charge in [-0.15, -0.1) is 0 Å². The van der Waals surface area contributed by atoms with Gasteiger partial charge in [-0.2, -0.15) is 0 Å². The number of carbonyl (C=O) groups excluding carboxylic acids is 3. The molecule has 2 aliphatic carbocycles. The number of fused-ring (bicyclic) bond motifs is 1. The van der Waals surface area contributed by atoms with E-state index in [4.69, 9.17) is 14.6 Å². The summed E-state index contributed by atoms with van der Waals surface area (Å²) >= 11 is 0. The molecule has 0 aromatic carbocycles. The zero-order chi connectivity index (χ0) is 23.8. The lowest BCUT2D eigenvalue weighted by Gasteiger charge is -2.40. The molecule has 10 nitrogen and oxygen atoms in total. The molecule has 0 aromatic rings. The van der Waals surface area contributed by atoms with E-state index in [0.717, 1.165) is 0 Å². The SMILES string of the molecule is CC(=O)OCC1CN(C(=O)CCNC(=O)OC[C@@H]2[C@@H]3CCCCCC[C@@H]32)CCN1CC(=O)O. The molecule has 1 aliphatic heterocycles. The van der Waals surface area contributed by atoms with Crippen molar-refractivity contribution in [3.63, 3.8) is 0 Å². The average molecular weight is 468 g/mol. The van der Waals surface area contributed by atoms with Crippen LogP contribution in [0.2, 0.25) is 0 Å². The Hall–Kier alpha value is -2.36. The number of alkyl carbamates (subject to hydrolysis) is 1. The zero-order valence-corrected chi connectivity index (χ0v) is 19.5. The van der Waals surface area contributed by atoms with Crippen LogP contribution in [0.15, 0.2) is 0 Å². The second-order valence-corrected chi connectivity index (χ2v) is 9.42. The summed E-state index contributed by atoms with van der Waals surface area (Å²) in [5.41, 5.74) is 0. The topological polar surface area (TPSA) is 125 Å². The average Bonchev–Trinajstić information content (AvgIpc) is 3.39. The van der Waals surface area contributed by atoms with E-state index in [9.17, 15) is 19.2 Å². The third-order valence-corrected chi connectivity index (χ3v) is 7.12. The Labute approximate surface area is 194 Å². The van der Waals surface area contributed by atoms with Crippen LogP contribution in [0.4, 0.5) is 4.79 Å². The van der Waals surface area contributed by atoms with Crippen molar-refractivity contribution in [1.29, 1.82) is 0 Å². The van der Waals surface area contributed by atoms with Gasteiger partial charge in [0.05, 0.1) is 19.2 Å². The summed E-state index contributed by atoms with van der Waals surface area (Å²) in [4.78, 5) is 50.2. The summed E-state index contributed by atoms with van der Waals surface area (Å²) in [7, 11) is 0. The maximum absolute atomic E-state index is 12.6. The summed E-state index contributed by atoms with van der Waals surface area (Å²) in [5, 5.41) is 11.8. The molecule has 186 valence electrons. The number of hydrogen-bond acceptors (Lipinski definition) is 7. The Balaban J connectivity index is 1.35. The van der Waals surface area contributed by atoms with Crippen LogP contribution < -0.4 is 5.32 Å². The van der Waals surface area contributed by atoms with Crippen LogP contribution in [-0.4, -0.2) is 90.8 Å². The molecule has 1 heterocycles. The van der Waals surface area contributed by atoms with Gasteiger partial charge in [-0.25, -0.2) is 4.79 Å². The number of nitrogens with one attached hydrogen (secondary N) is 1. The molecular formula is C23H37N3O7. The number of rotatable bonds is 9. The first-order valence-electron chi connectivity index (χ1n) is 12.1. The fourth-order valence-electron chi connectivity index (χ4n) is 5.27. The van der Waals surface area contributed by atoms with E-state index in [1.54, 1.807) is 9.80 Å². The second-order valence-electron chi connectivity index (χ2n) is 9.42. The van der Waals surface area contributed by atoms with Gasteiger partial charge >= 0.3 is 18.0 Å². The van der Waals surface area contributed by atoms with Crippen LogP contribution in [0, 0.1) is 17.8 Å². The lowest BCUT2D eigenvalue weighted by Crippen LogP contribution is -2.57. The van der Waals surface area contributed by atoms with Gasteiger partial charge in [0.15, 0.2) is 0 Å². The number of ether oxygens (including phenoxy) is 2. The van der Waals surface area contributed by atoms with Gasteiger partial charge in [-0.05, 0) is 30.6 Å². The Morgan fingerprint density at radius 3 is 2.30 bits per heavy atom. The second kappa shape index (κ2) is 12.2. The predicted molar refractivity (Wildman–Crippen MR) is 118 cm³/mol. The number of esters is 1. The molecule has 3 aliphatic rings. The molecule has 0 bridgehead atoms. The Morgan fingerprint density at radius 2 is 1.67 bits per heavy atom. The maximum atomic E-state index is 12.6. The van der Waals surface area contributed by atoms with Crippen molar-refractivity contribution in [3.8, 4) is 0 Å². The standard InChI is InChI=1S/C23H37N3O7/c1-16(27)32-14-17-12-26(11-10-25(17)13-22(29)30)21(28)8-9-24-23(31)33-15-20-18-6-4-2-3-5-7-19(18)20/h17-20H,2-15H2,1H3,(H,24,31)(H,29,30)/t17?,18-,19+,20-. The van der Waals surface area contributed by atoms with E-state index < -0.39 is 18.0 Å². The highest BCUT2D eigenvalue weighted by atomic mass is 16.5. The van der Waals surface area contributed by atoms with Crippen molar-refractivity contribution < 1.29 is 33.8 Å². The third-order valence-electron chi connectivity index (χ3n) is 7.12. The highest BCUT2D eigenvalue weighted by Crippen LogP contribution is 2.53. The maximum Gasteiger partial charge on any atom is 0.407 e. The number of carbonyl (C=O) groups is 4. The fourth-order valence-corrected chi connectivity index (χ4v) is 5.27. The number of amides is 2. The first-order chi connectivity index (χ1) is 15.8. The van der Waals surface area contributed by atoms with Crippen molar-refractivity contribution in [2.45, 2.75) is 57.9 Å². The summed E-state index contributed by atoms with van der Waals surface area (Å²) in [5.74, 6) is 0.346. The molecule has 0 spiro atoms. The smallest absolute Gasteiger partial charge is 0.407 e. The minimum atomic E-state index is -0.970. The van der Waals surface area contributed by atoms with Crippen LogP contribution >= 0.6 is 0 Å². The van der Waals surface area contributed by atoms with E-state index in [1.165, 1.54) is 45.4 Å². The molecule has 0 radical (unpaired) electrons. The van der Waals surface area contributed by atoms with Gasteiger partial charge in [0.25, 0.3) is 0 Å². The Kier molecular flexibility index (Phi) is 9.34. The summed E-state index contributed by atoms with van der Waals surface area (Å²) in [6, 6.07) is -0.379. The molecule has 3 rings (SSSR count). The number of carboxylic acid groups (broad SMARTS) is 1. The van der Waals surface area contributed by atoms with Crippen molar-refractivity contribution >= 4 is 23.9 Å². The number of piperazine rings is 1. The van der Waals surface area contributed by atoms with Crippen molar-refractivity contribution in [1.82, 2.24) is 15.1 Å². The molecule has 1 saturated heterocycles. The lowest BCUT2D eigenvalue weighted by molar-refractivity contribution is -0.146. The molecule has 4 atom stereocenters. The highest BCUT2D eigenvalue weighted by molar-refractivity contribution is 5.77. The van der Waals surface area contributed by atoms with E-state index in [1.807, 2.05) is 0 Å². The molecule has 0 aromatic heterocycles. The normalized spacial score (nSPS) is 27.5. The van der Waals surface area contributed by atoms with Crippen LogP contribution in [0.1, 0.15) is 51.9 Å². The van der Waals surface area contributed by atoms with Gasteiger partial charge in [-0.3, -0.25) is 19.3 Å². The van der Waals surface area contributed by atoms with Gasteiger partial charge in [0.1, 0.15) is 6.61 Å². The van der Waals surface area contributed by atoms with Gasteiger partial charge in [-0.1, -0.05) is 25.7 Å². The van der Waals surface area contributed by atoms with E-state index in [2.05, 4.69) is 5.32 Å². The van der Waals surface area contributed by atoms with E-state index in [-0.39, 0.29) is 44.6 Å². The van der Waals surface area contributed by atoms with Gasteiger partial charge < -0.3 is 24.8 Å². The molecule has 1 unspecified atom stereocenters. The molecule has 3 fully saturated rings. The van der Waals surface area contributed by atoms with Crippen molar-refractivity contribution in [2.24, 2.45) is 17.8 Å². The van der Waals surface area contributed by atoms with Crippen molar-refractivity contribution in [3.05, 3.63) is 0 Å². The number of carboxylic acids is 1. The molecule has 10 heteroatoms. The fraction of sp³-hybridized carbons (Fsp3) is 0.826. The van der Waals surface area contributed by atoms with Crippen molar-refractivity contribution in [2.75, 3.05) is 45.9 Å². The highest BCUT2D eigenvalue weighted by Gasteiger charge is 2.49. The quantitative estimate of drug-likeness (QED) is 0.489. The zero-order valence-electron chi connectivity index (χ0n) is 19.5. The first kappa shape index (κ1) is 25.3. The monoisotopic (exact) mass is 467 g/mol. The molecule has 2 saturated carbocycles. The third kappa shape index (κ3) is 7.87. The van der Waals surface area contributed by atoms with E-state index in [0.29, 0.717) is 37.5 Å². The summed E-state index contributed by atoms with van der Waals surface area (Å²) in [6.07, 6.45) is 7.30. The Morgan fingerprint density at radius 1 is 0.970 bits per heavy atom. The first-order valence-corrected chi connectivity index (χ1v) is 12.1. The summed E-state index contributed by atoms with van der Waals surface area (Å²) < 4.78 is 10.5. The largest absolute Gasteiger partial charge is 0.480 e. The van der Waals surface area contributed by atoms with Crippen LogP contribution in [0.25, 0.3) is 0 Å². The number of aliphatic carboxylic acids is 1. The number of nitrogens with zero attached hydrogens (tertiary/aromatic N) is 2. The molecule has 33 heavy (non-hydrogen) atoms. The minimum absolute atomic E-state index is 0.0279. The predicted octanol–water partition coefficient (Wildman–Crippen LogP) is 1.48. The van der Waals surface area contributed by atoms with Crippen LogP contribution in [0.3, 0.4) is 0 Å². The number of hydrogen-bond donors (Lipinski definition) is 2.